The van der Waals surface area contributed by atoms with E-state index in [0.29, 0.717) is 0 Å². The highest BCUT2D eigenvalue weighted by Gasteiger charge is 2.15. The van der Waals surface area contributed by atoms with Gasteiger partial charge in [0.15, 0.2) is 8.38 Å². The summed E-state index contributed by atoms with van der Waals surface area (Å²) < 4.78 is 11.6. The quantitative estimate of drug-likeness (QED) is 0.688. The molecule has 2 nitrogen and oxygen atoms in total. The first-order chi connectivity index (χ1) is 7.58. The first-order valence-corrected chi connectivity index (χ1v) is 7.09. The Bertz CT molecular complexity index is 275. The van der Waals surface area contributed by atoms with Gasteiger partial charge in [-0.15, -0.1) is 0 Å². The summed E-state index contributed by atoms with van der Waals surface area (Å²) in [5.74, 6) is 0. The van der Waals surface area contributed by atoms with Crippen LogP contribution >= 0.6 is 8.38 Å². The van der Waals surface area contributed by atoms with Crippen molar-refractivity contribution in [2.45, 2.75) is 46.1 Å². The Balaban J connectivity index is 2.56. The largest absolute Gasteiger partial charge is 0.331 e. The first kappa shape index (κ1) is 13.6. The lowest BCUT2D eigenvalue weighted by molar-refractivity contribution is 0.176. The second-order valence-corrected chi connectivity index (χ2v) is 5.69. The maximum absolute atomic E-state index is 5.81. The highest BCUT2D eigenvalue weighted by atomic mass is 31.2. The van der Waals surface area contributed by atoms with Gasteiger partial charge in [-0.25, -0.2) is 0 Å². The Morgan fingerprint density at radius 1 is 0.938 bits per heavy atom. The third-order valence-corrected chi connectivity index (χ3v) is 3.75. The zero-order chi connectivity index (χ0) is 12.0. The average molecular weight is 240 g/mol. The number of rotatable bonds is 6. The molecule has 16 heavy (non-hydrogen) atoms. The van der Waals surface area contributed by atoms with E-state index in [0.717, 1.165) is 6.16 Å². The van der Waals surface area contributed by atoms with E-state index >= 15 is 0 Å². The summed E-state index contributed by atoms with van der Waals surface area (Å²) in [4.78, 5) is 0. The normalized spacial score (nSPS) is 11.7. The van der Waals surface area contributed by atoms with Crippen molar-refractivity contribution in [3.8, 4) is 0 Å². The summed E-state index contributed by atoms with van der Waals surface area (Å²) >= 11 is 0. The summed E-state index contributed by atoms with van der Waals surface area (Å²) in [6.07, 6.45) is 1.30. The van der Waals surface area contributed by atoms with Crippen LogP contribution in [0, 0.1) is 0 Å². The molecule has 0 heterocycles. The summed E-state index contributed by atoms with van der Waals surface area (Å²) in [6, 6.07) is 10.4. The van der Waals surface area contributed by atoms with E-state index < -0.39 is 8.38 Å². The minimum Gasteiger partial charge on any atom is -0.331 e. The van der Waals surface area contributed by atoms with E-state index in [1.807, 2.05) is 45.9 Å². The topological polar surface area (TPSA) is 18.5 Å². The molecule has 1 aromatic carbocycles. The van der Waals surface area contributed by atoms with Gasteiger partial charge in [0.05, 0.1) is 12.2 Å². The molecule has 0 saturated carbocycles. The van der Waals surface area contributed by atoms with Crippen LogP contribution in [0.5, 0.6) is 0 Å². The van der Waals surface area contributed by atoms with E-state index in [-0.39, 0.29) is 12.2 Å². The molecule has 0 saturated heterocycles. The molecular weight excluding hydrogens is 219 g/mol. The lowest BCUT2D eigenvalue weighted by Crippen LogP contribution is -2.05. The van der Waals surface area contributed by atoms with Crippen LogP contribution in [0.4, 0.5) is 0 Å². The van der Waals surface area contributed by atoms with Crippen LogP contribution in [-0.2, 0) is 15.2 Å². The summed E-state index contributed by atoms with van der Waals surface area (Å²) in [5, 5.41) is 0. The highest BCUT2D eigenvalue weighted by Crippen LogP contribution is 2.44. The molecular formula is C13H21O2P. The molecule has 3 heteroatoms. The molecule has 0 fully saturated rings. The maximum Gasteiger partial charge on any atom is 0.175 e. The molecule has 0 aliphatic carbocycles. The Kier molecular flexibility index (Phi) is 5.97. The third kappa shape index (κ3) is 5.60. The Labute approximate surface area is 99.9 Å². The van der Waals surface area contributed by atoms with Gasteiger partial charge in [-0.3, -0.25) is 0 Å². The SMILES string of the molecule is CC(C)OP(Cc1ccccc1)OC(C)C. The van der Waals surface area contributed by atoms with Gasteiger partial charge >= 0.3 is 0 Å². The molecule has 1 aromatic rings. The van der Waals surface area contributed by atoms with Crippen LogP contribution < -0.4 is 0 Å². The molecule has 0 aromatic heterocycles. The molecule has 90 valence electrons. The number of hydrogen-bond donors (Lipinski definition) is 0. The predicted molar refractivity (Wildman–Crippen MR) is 69.5 cm³/mol. The maximum atomic E-state index is 5.81. The average Bonchev–Trinajstić information content (AvgIpc) is 2.16. The minimum absolute atomic E-state index is 0.216. The highest BCUT2D eigenvalue weighted by molar-refractivity contribution is 7.46. The van der Waals surface area contributed by atoms with Gasteiger partial charge in [0, 0.05) is 6.16 Å². The molecule has 0 aliphatic rings. The van der Waals surface area contributed by atoms with Crippen LogP contribution in [-0.4, -0.2) is 12.2 Å². The van der Waals surface area contributed by atoms with Crippen molar-refractivity contribution in [2.75, 3.05) is 0 Å². The molecule has 0 radical (unpaired) electrons. The molecule has 0 spiro atoms. The molecule has 0 amide bonds. The van der Waals surface area contributed by atoms with Gasteiger partial charge in [0.25, 0.3) is 0 Å². The van der Waals surface area contributed by atoms with Crippen molar-refractivity contribution in [1.29, 1.82) is 0 Å². The molecule has 0 N–H and O–H groups in total. The molecule has 1 rings (SSSR count). The van der Waals surface area contributed by atoms with Crippen LogP contribution in [0.3, 0.4) is 0 Å². The minimum atomic E-state index is -0.816. The van der Waals surface area contributed by atoms with Crippen LogP contribution in [0.1, 0.15) is 33.3 Å². The third-order valence-electron chi connectivity index (χ3n) is 1.81. The van der Waals surface area contributed by atoms with E-state index in [2.05, 4.69) is 12.1 Å². The molecule has 0 bridgehead atoms. The van der Waals surface area contributed by atoms with Gasteiger partial charge in [-0.05, 0) is 33.3 Å². The molecule has 0 unspecified atom stereocenters. The van der Waals surface area contributed by atoms with E-state index in [4.69, 9.17) is 9.05 Å². The lowest BCUT2D eigenvalue weighted by Gasteiger charge is -2.21. The summed E-state index contributed by atoms with van der Waals surface area (Å²) in [5.41, 5.74) is 1.27. The second kappa shape index (κ2) is 7.01. The Morgan fingerprint density at radius 2 is 1.44 bits per heavy atom. The molecule has 0 aliphatic heterocycles. The van der Waals surface area contributed by atoms with Crippen LogP contribution in [0.15, 0.2) is 30.3 Å². The number of benzene rings is 1. The van der Waals surface area contributed by atoms with Crippen molar-refractivity contribution >= 4 is 8.38 Å². The lowest BCUT2D eigenvalue weighted by atomic mass is 10.2. The fourth-order valence-electron chi connectivity index (χ4n) is 1.30. The van der Waals surface area contributed by atoms with Gasteiger partial charge in [-0.2, -0.15) is 0 Å². The smallest absolute Gasteiger partial charge is 0.175 e. The van der Waals surface area contributed by atoms with Crippen molar-refractivity contribution in [3.05, 3.63) is 35.9 Å². The van der Waals surface area contributed by atoms with Gasteiger partial charge in [0.1, 0.15) is 0 Å². The van der Waals surface area contributed by atoms with Gasteiger partial charge in [0.2, 0.25) is 0 Å². The fraction of sp³-hybridized carbons (Fsp3) is 0.538. The summed E-state index contributed by atoms with van der Waals surface area (Å²) in [7, 11) is -0.816. The van der Waals surface area contributed by atoms with Crippen LogP contribution in [0.25, 0.3) is 0 Å². The zero-order valence-corrected chi connectivity index (χ0v) is 11.4. The van der Waals surface area contributed by atoms with Crippen molar-refractivity contribution in [1.82, 2.24) is 0 Å². The number of hydrogen-bond acceptors (Lipinski definition) is 2. The first-order valence-electron chi connectivity index (χ1n) is 5.73. The van der Waals surface area contributed by atoms with Crippen LogP contribution in [0.2, 0.25) is 0 Å². The van der Waals surface area contributed by atoms with E-state index in [1.165, 1.54) is 5.56 Å². The van der Waals surface area contributed by atoms with Crippen molar-refractivity contribution < 1.29 is 9.05 Å². The van der Waals surface area contributed by atoms with Gasteiger partial charge < -0.3 is 9.05 Å². The fourth-order valence-corrected chi connectivity index (χ4v) is 2.95. The van der Waals surface area contributed by atoms with Gasteiger partial charge in [-0.1, -0.05) is 30.3 Å². The second-order valence-electron chi connectivity index (χ2n) is 4.28. The predicted octanol–water partition coefficient (Wildman–Crippen LogP) is 4.35. The van der Waals surface area contributed by atoms with E-state index in [9.17, 15) is 0 Å². The molecule has 0 atom stereocenters. The van der Waals surface area contributed by atoms with Crippen molar-refractivity contribution in [3.63, 3.8) is 0 Å². The Morgan fingerprint density at radius 3 is 1.88 bits per heavy atom. The summed E-state index contributed by atoms with van der Waals surface area (Å²) in [6.45, 7) is 8.18. The Hall–Kier alpha value is -0.430. The van der Waals surface area contributed by atoms with E-state index in [1.54, 1.807) is 0 Å². The van der Waals surface area contributed by atoms with Crippen molar-refractivity contribution in [2.24, 2.45) is 0 Å². The monoisotopic (exact) mass is 240 g/mol. The zero-order valence-electron chi connectivity index (χ0n) is 10.5. The standard InChI is InChI=1S/C13H21O2P/c1-11(2)14-16(15-12(3)4)10-13-8-6-5-7-9-13/h5-9,11-12H,10H2,1-4H3.